The van der Waals surface area contributed by atoms with Crippen LogP contribution in [0.25, 0.3) is 0 Å². The van der Waals surface area contributed by atoms with Gasteiger partial charge in [-0.25, -0.2) is 0 Å². The molecule has 128 valence electrons. The molecule has 0 aliphatic rings. The number of halogens is 3. The summed E-state index contributed by atoms with van der Waals surface area (Å²) in [4.78, 5) is 0. The van der Waals surface area contributed by atoms with E-state index < -0.39 is 12.5 Å². The van der Waals surface area contributed by atoms with E-state index in [1.165, 1.54) is 28.4 Å². The summed E-state index contributed by atoms with van der Waals surface area (Å²) in [5.74, 6) is -2.35. The van der Waals surface area contributed by atoms with Crippen LogP contribution in [0.4, 0.5) is 0 Å². The molecule has 0 amide bonds. The molecule has 0 unspecified atom stereocenters. The largest absolute Gasteiger partial charge is 1.00 e. The van der Waals surface area contributed by atoms with Crippen LogP contribution in [0.1, 0.15) is 7.43 Å². The minimum Gasteiger partial charge on any atom is -1.00 e. The molecule has 0 aromatic heterocycles. The Bertz CT molecular complexity index is 221. The minimum absolute atomic E-state index is 0. The smallest absolute Gasteiger partial charge is 1.00 e. The summed E-state index contributed by atoms with van der Waals surface area (Å²) in [7, 11) is 5.73. The third kappa shape index (κ3) is 37.3. The van der Waals surface area contributed by atoms with Crippen molar-refractivity contribution in [2.45, 2.75) is 7.43 Å². The summed E-state index contributed by atoms with van der Waals surface area (Å²) in [6.45, 7) is -2.32. The van der Waals surface area contributed by atoms with Gasteiger partial charge < -0.3 is 42.8 Å². The molecule has 0 radical (unpaired) electrons. The third-order valence-corrected chi connectivity index (χ3v) is 5.45. The van der Waals surface area contributed by atoms with E-state index in [-0.39, 0.29) is 74.1 Å². The Morgan fingerprint density at radius 1 is 0.900 bits per heavy atom. The molecule has 8 N–H and O–H groups in total. The first-order valence-electron chi connectivity index (χ1n) is 3.16. The van der Waals surface area contributed by atoms with Crippen LogP contribution in [0.2, 0.25) is 0 Å². The van der Waals surface area contributed by atoms with Crippen LogP contribution in [-0.4, -0.2) is 28.4 Å². The third-order valence-electron chi connectivity index (χ3n) is 0.945. The van der Waals surface area contributed by atoms with E-state index in [0.29, 0.717) is 0 Å². The normalized spacial score (nSPS) is 8.30. The van der Waals surface area contributed by atoms with Gasteiger partial charge in [-0.3, -0.25) is 5.50 Å². The minimum atomic E-state index is -2.35. The molecule has 0 saturated heterocycles. The Morgan fingerprint density at radius 2 is 1.10 bits per heavy atom. The van der Waals surface area contributed by atoms with Crippen molar-refractivity contribution >= 4 is 59.7 Å². The summed E-state index contributed by atoms with van der Waals surface area (Å²) < 4.78 is 18.2. The molecular weight excluding hydrogens is 422 g/mol. The van der Waals surface area contributed by atoms with E-state index in [9.17, 15) is 0 Å². The van der Waals surface area contributed by atoms with Crippen LogP contribution in [0.3, 0.4) is 0 Å². The summed E-state index contributed by atoms with van der Waals surface area (Å²) >= 11 is 14.6. The van der Waals surface area contributed by atoms with Gasteiger partial charge in [0, 0.05) is 28.4 Å². The van der Waals surface area contributed by atoms with Crippen LogP contribution in [0.15, 0.2) is 0 Å². The van der Waals surface area contributed by atoms with Gasteiger partial charge >= 0.3 is 29.6 Å². The molecule has 0 fully saturated rings. The molecule has 0 aliphatic heterocycles. The second-order valence-corrected chi connectivity index (χ2v) is 10.0. The molecule has 0 aromatic carbocycles. The zero-order valence-electron chi connectivity index (χ0n) is 11.5. The van der Waals surface area contributed by atoms with Crippen molar-refractivity contribution in [2.24, 2.45) is 5.50 Å². The Labute approximate surface area is 172 Å². The van der Waals surface area contributed by atoms with Crippen molar-refractivity contribution in [1.82, 2.24) is 12.3 Å². The van der Waals surface area contributed by atoms with E-state index >= 15 is 0 Å². The van der Waals surface area contributed by atoms with Gasteiger partial charge in [-0.05, 0) is 34.9 Å². The zero-order valence-corrected chi connectivity index (χ0v) is 19.2. The Balaban J connectivity index is -0.0000000185. The SMILES string of the molecule is C.COP(=S)(Cl)OC.COP(N)(=S)OC.Cl.N.N.[Cl-].[Na+]. The molecule has 0 saturated carbocycles. The van der Waals surface area contributed by atoms with Crippen LogP contribution >= 0.6 is 36.1 Å². The van der Waals surface area contributed by atoms with Gasteiger partial charge in [0.25, 0.3) is 12.5 Å². The maximum absolute atomic E-state index is 5.39. The maximum Gasteiger partial charge on any atom is 1.00 e. The molecule has 0 atom stereocenters. The monoisotopic (exact) mass is 445 g/mol. The summed E-state index contributed by atoms with van der Waals surface area (Å²) in [5.41, 5.74) is 5.20. The van der Waals surface area contributed by atoms with Gasteiger partial charge in [-0.2, -0.15) is 0 Å². The standard InChI is InChI=1S/C2H6ClO2PS.C2H8NO2PS.CH4.2ClH.2H3N.Na/c2*1-4-6(3,7)5-2;;;;;;/h1-2H3;1-2H3,(H2,3,7);1H4;2*1H;2*1H3;/q;;;;;;;+1/p-1. The number of hydrogen-bond donors (Lipinski definition) is 3. The average Bonchev–Trinajstić information content (AvgIpc) is 2.19. The van der Waals surface area contributed by atoms with Crippen LogP contribution in [0.5, 0.6) is 0 Å². The number of rotatable bonds is 4. The molecule has 0 rings (SSSR count). The molecule has 0 aliphatic carbocycles. The molecule has 7 nitrogen and oxygen atoms in total. The fraction of sp³-hybridized carbons (Fsp3) is 1.00. The van der Waals surface area contributed by atoms with E-state index in [1.54, 1.807) is 0 Å². The van der Waals surface area contributed by atoms with E-state index in [2.05, 4.69) is 41.7 Å². The summed E-state index contributed by atoms with van der Waals surface area (Å²) in [5, 5.41) is 0. The van der Waals surface area contributed by atoms with E-state index in [0.717, 1.165) is 0 Å². The van der Waals surface area contributed by atoms with Gasteiger partial charge in [0.05, 0.1) is 0 Å². The van der Waals surface area contributed by atoms with Gasteiger partial charge in [0.1, 0.15) is 0 Å². The number of hydrogen-bond acceptors (Lipinski definition) is 8. The van der Waals surface area contributed by atoms with Crippen molar-refractivity contribution in [3.8, 4) is 0 Å². The van der Waals surface area contributed by atoms with Crippen LogP contribution in [0, 0.1) is 0 Å². The number of nitrogens with two attached hydrogens (primary N) is 1. The van der Waals surface area contributed by atoms with Gasteiger partial charge in [-0.1, -0.05) is 7.43 Å². The second-order valence-electron chi connectivity index (χ2n) is 1.70. The first-order chi connectivity index (χ1) is 6.24. The van der Waals surface area contributed by atoms with Crippen molar-refractivity contribution in [1.29, 1.82) is 0 Å². The Hall–Kier alpha value is 2.89. The van der Waals surface area contributed by atoms with Crippen molar-refractivity contribution < 1.29 is 60.1 Å². The van der Waals surface area contributed by atoms with E-state index in [1.807, 2.05) is 0 Å². The average molecular weight is 447 g/mol. The van der Waals surface area contributed by atoms with Crippen molar-refractivity contribution in [3.63, 3.8) is 0 Å². The topological polar surface area (TPSA) is 133 Å². The molecule has 0 bridgehead atoms. The van der Waals surface area contributed by atoms with Crippen molar-refractivity contribution in [3.05, 3.63) is 0 Å². The first-order valence-corrected chi connectivity index (χ1v) is 9.41. The van der Waals surface area contributed by atoms with Gasteiger partial charge in [0.2, 0.25) is 0 Å². The predicted octanol–water partition coefficient (Wildman–Crippen LogP) is -2.41. The molecule has 15 heteroatoms. The maximum atomic E-state index is 5.39. The van der Waals surface area contributed by atoms with Gasteiger partial charge in [0.15, 0.2) is 0 Å². The summed E-state index contributed by atoms with van der Waals surface area (Å²) in [6.07, 6.45) is 0. The molecular formula is C5H25Cl3N3NaO4P2S2. The Morgan fingerprint density at radius 3 is 1.10 bits per heavy atom. The van der Waals surface area contributed by atoms with Crippen LogP contribution in [-0.2, 0) is 41.7 Å². The molecule has 0 heterocycles. The predicted molar refractivity (Wildman–Crippen MR) is 90.7 cm³/mol. The fourth-order valence-corrected chi connectivity index (χ4v) is 0.447. The molecule has 0 aromatic rings. The van der Waals surface area contributed by atoms with E-state index in [4.69, 9.17) is 16.7 Å². The second kappa shape index (κ2) is 26.8. The quantitative estimate of drug-likeness (QED) is 0.319. The molecule has 0 spiro atoms. The fourth-order valence-electron chi connectivity index (χ4n) is 0.149. The molecule has 20 heavy (non-hydrogen) atoms. The first kappa shape index (κ1) is 49.5. The van der Waals surface area contributed by atoms with Crippen molar-refractivity contribution in [2.75, 3.05) is 28.4 Å². The van der Waals surface area contributed by atoms with Gasteiger partial charge in [-0.15, -0.1) is 12.4 Å². The summed E-state index contributed by atoms with van der Waals surface area (Å²) in [6, 6.07) is 0. The Kier molecular flexibility index (Phi) is 66.2. The zero-order chi connectivity index (χ0) is 11.8. The van der Waals surface area contributed by atoms with Crippen LogP contribution < -0.4 is 59.8 Å².